The zero-order valence-electron chi connectivity index (χ0n) is 19.4. The Bertz CT molecular complexity index is 689. The Balaban J connectivity index is 1.62. The van der Waals surface area contributed by atoms with E-state index in [9.17, 15) is 14.7 Å². The lowest BCUT2D eigenvalue weighted by atomic mass is 9.42. The number of Topliss-reactive ketones (excluding diaryl/α,β-unsaturated/α-hetero) is 1. The number of hydrogen-bond donors (Lipinski definition) is 2. The lowest BCUT2D eigenvalue weighted by molar-refractivity contribution is -0.173. The number of ketones is 1. The van der Waals surface area contributed by atoms with Gasteiger partial charge < -0.3 is 10.2 Å². The number of carboxylic acids is 1. The maximum Gasteiger partial charge on any atom is 0.303 e. The minimum Gasteiger partial charge on any atom is -0.481 e. The Morgan fingerprint density at radius 3 is 2.40 bits per heavy atom. The third kappa shape index (κ3) is 3.27. The van der Waals surface area contributed by atoms with E-state index in [1.165, 1.54) is 6.42 Å². The van der Waals surface area contributed by atoms with Gasteiger partial charge in [-0.15, -0.1) is 0 Å². The van der Waals surface area contributed by atoms with Gasteiger partial charge in [-0.2, -0.15) is 0 Å². The molecule has 4 aliphatic carbocycles. The Morgan fingerprint density at radius 1 is 1.07 bits per heavy atom. The van der Waals surface area contributed by atoms with Crippen molar-refractivity contribution in [1.29, 1.82) is 0 Å². The van der Waals surface area contributed by atoms with Crippen LogP contribution in [0.4, 0.5) is 0 Å². The molecule has 0 aromatic rings. The van der Waals surface area contributed by atoms with Crippen LogP contribution in [0.5, 0.6) is 0 Å². The van der Waals surface area contributed by atoms with Crippen molar-refractivity contribution in [1.82, 2.24) is 0 Å². The highest BCUT2D eigenvalue weighted by atomic mass is 16.4. The van der Waals surface area contributed by atoms with Crippen molar-refractivity contribution in [3.05, 3.63) is 0 Å². The van der Waals surface area contributed by atoms with Crippen LogP contribution in [-0.2, 0) is 9.59 Å². The second kappa shape index (κ2) is 7.90. The minimum atomic E-state index is -0.697. The molecule has 0 spiro atoms. The van der Waals surface area contributed by atoms with Crippen LogP contribution < -0.4 is 0 Å². The fraction of sp³-hybridized carbons (Fsp3) is 0.923. The molecule has 4 aliphatic rings. The van der Waals surface area contributed by atoms with E-state index >= 15 is 0 Å². The molecule has 30 heavy (non-hydrogen) atoms. The molecule has 4 nitrogen and oxygen atoms in total. The van der Waals surface area contributed by atoms with Crippen LogP contribution in [0.3, 0.4) is 0 Å². The lowest BCUT2D eigenvalue weighted by Crippen LogP contribution is -2.60. The van der Waals surface area contributed by atoms with Crippen LogP contribution in [0.25, 0.3) is 0 Å². The van der Waals surface area contributed by atoms with Gasteiger partial charge in [0, 0.05) is 18.3 Å². The summed E-state index contributed by atoms with van der Waals surface area (Å²) in [5, 5.41) is 19.5. The van der Waals surface area contributed by atoms with Gasteiger partial charge in [-0.3, -0.25) is 9.59 Å². The summed E-state index contributed by atoms with van der Waals surface area (Å²) < 4.78 is 0. The van der Waals surface area contributed by atoms with Gasteiger partial charge in [0.1, 0.15) is 5.78 Å². The minimum absolute atomic E-state index is 0.108. The molecule has 0 saturated heterocycles. The van der Waals surface area contributed by atoms with Gasteiger partial charge in [-0.1, -0.05) is 27.7 Å². The third-order valence-corrected chi connectivity index (χ3v) is 10.7. The van der Waals surface area contributed by atoms with Crippen molar-refractivity contribution in [3.63, 3.8) is 0 Å². The van der Waals surface area contributed by atoms with Crippen LogP contribution in [-0.4, -0.2) is 28.1 Å². The molecule has 0 aromatic carbocycles. The molecular formula is C26H42O4. The van der Waals surface area contributed by atoms with Crippen molar-refractivity contribution in [2.45, 2.75) is 98.0 Å². The molecule has 10 atom stereocenters. The molecule has 0 bridgehead atoms. The molecule has 170 valence electrons. The van der Waals surface area contributed by atoms with E-state index in [0.29, 0.717) is 35.4 Å². The second-order valence-electron chi connectivity index (χ2n) is 11.8. The molecule has 0 radical (unpaired) electrons. The maximum atomic E-state index is 13.9. The summed E-state index contributed by atoms with van der Waals surface area (Å²) in [7, 11) is 0. The molecule has 0 heterocycles. The smallest absolute Gasteiger partial charge is 0.303 e. The van der Waals surface area contributed by atoms with E-state index in [0.717, 1.165) is 51.4 Å². The topological polar surface area (TPSA) is 74.6 Å². The first-order valence-corrected chi connectivity index (χ1v) is 12.6. The van der Waals surface area contributed by atoms with Gasteiger partial charge in [0.05, 0.1) is 6.10 Å². The van der Waals surface area contributed by atoms with Gasteiger partial charge in [0.15, 0.2) is 0 Å². The number of hydrogen-bond acceptors (Lipinski definition) is 3. The normalized spacial score (nSPS) is 49.1. The molecule has 2 unspecified atom stereocenters. The molecule has 0 aromatic heterocycles. The summed E-state index contributed by atoms with van der Waals surface area (Å²) in [6, 6.07) is 0. The largest absolute Gasteiger partial charge is 0.481 e. The van der Waals surface area contributed by atoms with Gasteiger partial charge in [-0.05, 0) is 98.2 Å². The first kappa shape index (κ1) is 22.3. The summed E-state index contributed by atoms with van der Waals surface area (Å²) in [5.41, 5.74) is 0.358. The third-order valence-electron chi connectivity index (χ3n) is 10.7. The van der Waals surface area contributed by atoms with Gasteiger partial charge in [-0.25, -0.2) is 0 Å². The van der Waals surface area contributed by atoms with Gasteiger partial charge in [0.2, 0.25) is 0 Å². The summed E-state index contributed by atoms with van der Waals surface area (Å²) in [4.78, 5) is 25.0. The van der Waals surface area contributed by atoms with Crippen LogP contribution in [0.2, 0.25) is 0 Å². The molecule has 4 fully saturated rings. The number of rotatable bonds is 5. The molecule has 4 heteroatoms. The van der Waals surface area contributed by atoms with E-state index in [-0.39, 0.29) is 35.2 Å². The molecule has 2 N–H and O–H groups in total. The summed E-state index contributed by atoms with van der Waals surface area (Å²) in [6.07, 6.45) is 9.01. The Morgan fingerprint density at radius 2 is 1.73 bits per heavy atom. The van der Waals surface area contributed by atoms with Gasteiger partial charge in [0.25, 0.3) is 0 Å². The average molecular weight is 419 g/mol. The van der Waals surface area contributed by atoms with Crippen molar-refractivity contribution >= 4 is 11.8 Å². The first-order chi connectivity index (χ1) is 14.1. The van der Waals surface area contributed by atoms with E-state index in [4.69, 9.17) is 5.11 Å². The first-order valence-electron chi connectivity index (χ1n) is 12.6. The van der Waals surface area contributed by atoms with Crippen LogP contribution in [0.15, 0.2) is 0 Å². The Labute approximate surface area is 182 Å². The highest BCUT2D eigenvalue weighted by molar-refractivity contribution is 5.86. The van der Waals surface area contributed by atoms with Gasteiger partial charge >= 0.3 is 5.97 Å². The predicted octanol–water partition coefficient (Wildman–Crippen LogP) is 5.32. The fourth-order valence-corrected chi connectivity index (χ4v) is 9.16. The number of aliphatic hydroxyl groups excluding tert-OH is 1. The molecular weight excluding hydrogens is 376 g/mol. The van der Waals surface area contributed by atoms with E-state index in [1.54, 1.807) is 0 Å². The Hall–Kier alpha value is -0.900. The molecule has 0 amide bonds. The summed E-state index contributed by atoms with van der Waals surface area (Å²) in [6.45, 7) is 9.28. The summed E-state index contributed by atoms with van der Waals surface area (Å²) >= 11 is 0. The van der Waals surface area contributed by atoms with Crippen LogP contribution >= 0.6 is 0 Å². The van der Waals surface area contributed by atoms with E-state index < -0.39 is 5.97 Å². The SMILES string of the molecule is CCC1C(=O)[C@H]2[C@@H]3CC[C@H]([C@H](C)CCC(=O)O)[C@@]3(C)CC[C@@H]2[C@@]2(C)CC[C@@H](O)CC12. The quantitative estimate of drug-likeness (QED) is 0.633. The Kier molecular flexibility index (Phi) is 5.87. The predicted molar refractivity (Wildman–Crippen MR) is 117 cm³/mol. The molecule has 0 aliphatic heterocycles. The van der Waals surface area contributed by atoms with Crippen molar-refractivity contribution in [2.24, 2.45) is 52.3 Å². The molecule has 4 rings (SSSR count). The summed E-state index contributed by atoms with van der Waals surface area (Å²) in [5.74, 6) is 2.31. The number of aliphatic carboxylic acids is 1. The fourth-order valence-electron chi connectivity index (χ4n) is 9.16. The highest BCUT2D eigenvalue weighted by Crippen LogP contribution is 2.68. The highest BCUT2D eigenvalue weighted by Gasteiger charge is 2.65. The van der Waals surface area contributed by atoms with E-state index in [2.05, 4.69) is 27.7 Å². The number of fused-ring (bicyclic) bond motifs is 5. The number of aliphatic hydroxyl groups is 1. The lowest BCUT2D eigenvalue weighted by Gasteiger charge is -2.62. The van der Waals surface area contributed by atoms with Crippen molar-refractivity contribution in [3.8, 4) is 0 Å². The monoisotopic (exact) mass is 418 g/mol. The van der Waals surface area contributed by atoms with Crippen LogP contribution in [0.1, 0.15) is 91.9 Å². The van der Waals surface area contributed by atoms with Crippen LogP contribution in [0, 0.1) is 52.3 Å². The molecule has 4 saturated carbocycles. The standard InChI is InChI=1S/C26H42O4/c1-5-17-21-14-16(27)10-12-26(21,4)20-11-13-25(3)18(15(2)6-9-22(28)29)7-8-19(25)23(20)24(17)30/h15-21,23,27H,5-14H2,1-4H3,(H,28,29)/t15-,16-,17?,18-,19+,20+,21?,23+,25-,26-/m1/s1. The number of carbonyl (C=O) groups is 2. The van der Waals surface area contributed by atoms with E-state index in [1.807, 2.05) is 0 Å². The van der Waals surface area contributed by atoms with Crippen molar-refractivity contribution in [2.75, 3.05) is 0 Å². The second-order valence-corrected chi connectivity index (χ2v) is 11.8. The number of carbonyl (C=O) groups excluding carboxylic acids is 1. The maximum absolute atomic E-state index is 13.9. The zero-order valence-corrected chi connectivity index (χ0v) is 19.4. The average Bonchev–Trinajstić information content (AvgIpc) is 3.05. The van der Waals surface area contributed by atoms with Crippen molar-refractivity contribution < 1.29 is 19.8 Å². The zero-order chi connectivity index (χ0) is 21.8. The number of carboxylic acid groups (broad SMARTS) is 1.